The van der Waals surface area contributed by atoms with Gasteiger partial charge in [0, 0.05) is 0 Å². The predicted molar refractivity (Wildman–Crippen MR) is 76.1 cm³/mol. The summed E-state index contributed by atoms with van der Waals surface area (Å²) in [6, 6.07) is 0. The molecule has 0 aromatic heterocycles. The Hall–Kier alpha value is -0.600. The third-order valence-corrected chi connectivity index (χ3v) is 2.55. The molecule has 0 aliphatic carbocycles. The Morgan fingerprint density at radius 2 is 1.71 bits per heavy atom. The maximum Gasteiger partial charge on any atom is 0.102 e. The molecule has 0 fully saturated rings. The normalized spacial score (nSPS) is 12.7. The zero-order chi connectivity index (χ0) is 13.3. The van der Waals surface area contributed by atoms with Crippen LogP contribution >= 0.6 is 0 Å². The van der Waals surface area contributed by atoms with Gasteiger partial charge in [0.1, 0.15) is 6.54 Å². The second-order valence-electron chi connectivity index (χ2n) is 5.96. The van der Waals surface area contributed by atoms with Crippen LogP contribution in [0.3, 0.4) is 0 Å². The summed E-state index contributed by atoms with van der Waals surface area (Å²) in [6.45, 7) is 9.12. The number of ether oxygens (including phenoxy) is 1. The third kappa shape index (κ3) is 13.3. The molecule has 0 atom stereocenters. The van der Waals surface area contributed by atoms with Gasteiger partial charge in [-0.1, -0.05) is 23.3 Å². The molecule has 2 heteroatoms. The van der Waals surface area contributed by atoms with E-state index in [9.17, 15) is 0 Å². The van der Waals surface area contributed by atoms with E-state index < -0.39 is 0 Å². The first-order valence-electron chi connectivity index (χ1n) is 6.48. The summed E-state index contributed by atoms with van der Waals surface area (Å²) >= 11 is 0. The molecule has 0 heterocycles. The fourth-order valence-corrected chi connectivity index (χ4v) is 1.31. The Morgan fingerprint density at radius 3 is 2.24 bits per heavy atom. The van der Waals surface area contributed by atoms with Crippen molar-refractivity contribution in [3.05, 3.63) is 23.3 Å². The molecule has 0 spiro atoms. The summed E-state index contributed by atoms with van der Waals surface area (Å²) in [6.07, 6.45) is 6.77. The zero-order valence-corrected chi connectivity index (χ0v) is 12.5. The molecule has 0 aliphatic heterocycles. The van der Waals surface area contributed by atoms with Gasteiger partial charge in [-0.2, -0.15) is 0 Å². The van der Waals surface area contributed by atoms with Crippen LogP contribution in [-0.4, -0.2) is 45.4 Å². The monoisotopic (exact) mass is 240 g/mol. The van der Waals surface area contributed by atoms with Gasteiger partial charge in [-0.15, -0.1) is 0 Å². The van der Waals surface area contributed by atoms with E-state index in [2.05, 4.69) is 54.1 Å². The first-order valence-corrected chi connectivity index (χ1v) is 6.48. The van der Waals surface area contributed by atoms with E-state index in [4.69, 9.17) is 4.74 Å². The van der Waals surface area contributed by atoms with Gasteiger partial charge in [-0.3, -0.25) is 0 Å². The molecule has 0 rings (SSSR count). The van der Waals surface area contributed by atoms with E-state index >= 15 is 0 Å². The van der Waals surface area contributed by atoms with E-state index in [0.717, 1.165) is 37.1 Å². The minimum atomic E-state index is 0.751. The lowest BCUT2D eigenvalue weighted by atomic mass is 10.1. The van der Waals surface area contributed by atoms with Crippen molar-refractivity contribution < 1.29 is 9.22 Å². The van der Waals surface area contributed by atoms with Gasteiger partial charge in [0.05, 0.1) is 34.4 Å². The molecule has 0 N–H and O–H groups in total. The molecular formula is C15H30NO+. The van der Waals surface area contributed by atoms with Crippen LogP contribution in [0, 0.1) is 0 Å². The zero-order valence-electron chi connectivity index (χ0n) is 12.5. The molecule has 100 valence electrons. The van der Waals surface area contributed by atoms with Gasteiger partial charge in [-0.05, 0) is 33.6 Å². The van der Waals surface area contributed by atoms with Crippen molar-refractivity contribution in [3.63, 3.8) is 0 Å². The van der Waals surface area contributed by atoms with E-state index in [1.165, 1.54) is 11.1 Å². The topological polar surface area (TPSA) is 9.23 Å². The molecule has 0 aliphatic rings. The van der Waals surface area contributed by atoms with E-state index in [-0.39, 0.29) is 0 Å². The van der Waals surface area contributed by atoms with Crippen LogP contribution in [-0.2, 0) is 4.74 Å². The number of hydrogen-bond donors (Lipinski definition) is 0. The maximum absolute atomic E-state index is 5.60. The highest BCUT2D eigenvalue weighted by Crippen LogP contribution is 2.06. The Bertz CT molecular complexity index is 255. The summed E-state index contributed by atoms with van der Waals surface area (Å²) in [4.78, 5) is 0. The second kappa shape index (κ2) is 8.48. The molecule has 0 saturated carbocycles. The smallest absolute Gasteiger partial charge is 0.102 e. The Labute approximate surface area is 108 Å². The maximum atomic E-state index is 5.60. The lowest BCUT2D eigenvalue weighted by molar-refractivity contribution is -0.870. The molecule has 0 radical (unpaired) electrons. The SMILES string of the molecule is CC(C)=CCC/C(C)=C/COCC[N+](C)(C)C. The van der Waals surface area contributed by atoms with Crippen molar-refractivity contribution in [2.24, 2.45) is 0 Å². The summed E-state index contributed by atoms with van der Waals surface area (Å²) in [5, 5.41) is 0. The van der Waals surface area contributed by atoms with Crippen molar-refractivity contribution in [2.75, 3.05) is 40.9 Å². The summed E-state index contributed by atoms with van der Waals surface area (Å²) in [5.41, 5.74) is 2.82. The molecule has 2 nitrogen and oxygen atoms in total. The van der Waals surface area contributed by atoms with Crippen LogP contribution in [0.4, 0.5) is 0 Å². The van der Waals surface area contributed by atoms with E-state index in [0.29, 0.717) is 0 Å². The van der Waals surface area contributed by atoms with Crippen molar-refractivity contribution in [2.45, 2.75) is 33.6 Å². The number of allylic oxidation sites excluding steroid dienone is 3. The summed E-state index contributed by atoms with van der Waals surface area (Å²) in [7, 11) is 6.55. The average Bonchev–Trinajstić information content (AvgIpc) is 2.14. The largest absolute Gasteiger partial charge is 0.372 e. The molecule has 0 aromatic carbocycles. The Morgan fingerprint density at radius 1 is 1.06 bits per heavy atom. The van der Waals surface area contributed by atoms with Crippen LogP contribution in [0.1, 0.15) is 33.6 Å². The standard InChI is InChI=1S/C15H30NO/c1-14(2)8-7-9-15(3)10-12-17-13-11-16(4,5)6/h8,10H,7,9,11-13H2,1-6H3/q+1/b15-10+. The number of nitrogens with zero attached hydrogens (tertiary/aromatic N) is 1. The fourth-order valence-electron chi connectivity index (χ4n) is 1.31. The number of hydrogen-bond acceptors (Lipinski definition) is 1. The molecule has 0 bridgehead atoms. The van der Waals surface area contributed by atoms with E-state index in [1.54, 1.807) is 0 Å². The summed E-state index contributed by atoms with van der Waals surface area (Å²) in [5.74, 6) is 0. The molecule has 0 aromatic rings. The highest BCUT2D eigenvalue weighted by Gasteiger charge is 2.04. The van der Waals surface area contributed by atoms with Crippen molar-refractivity contribution in [1.29, 1.82) is 0 Å². The quantitative estimate of drug-likeness (QED) is 0.359. The minimum absolute atomic E-state index is 0.751. The Kier molecular flexibility index (Phi) is 8.19. The van der Waals surface area contributed by atoms with Gasteiger partial charge in [0.25, 0.3) is 0 Å². The van der Waals surface area contributed by atoms with Crippen LogP contribution < -0.4 is 0 Å². The fraction of sp³-hybridized carbons (Fsp3) is 0.733. The average molecular weight is 240 g/mol. The molecule has 0 saturated heterocycles. The first-order chi connectivity index (χ1) is 7.81. The predicted octanol–water partition coefficient (Wildman–Crippen LogP) is 3.40. The molecule has 0 unspecified atom stereocenters. The minimum Gasteiger partial charge on any atom is -0.372 e. The van der Waals surface area contributed by atoms with Gasteiger partial charge in [0.2, 0.25) is 0 Å². The molecular weight excluding hydrogens is 210 g/mol. The second-order valence-corrected chi connectivity index (χ2v) is 5.96. The first kappa shape index (κ1) is 16.4. The van der Waals surface area contributed by atoms with Crippen molar-refractivity contribution >= 4 is 0 Å². The van der Waals surface area contributed by atoms with Gasteiger partial charge in [0.15, 0.2) is 0 Å². The highest BCUT2D eigenvalue weighted by atomic mass is 16.5. The molecule has 17 heavy (non-hydrogen) atoms. The number of rotatable bonds is 8. The van der Waals surface area contributed by atoms with E-state index in [1.807, 2.05) is 0 Å². The van der Waals surface area contributed by atoms with Crippen LogP contribution in [0.15, 0.2) is 23.3 Å². The number of likely N-dealkylation sites (N-methyl/N-ethyl adjacent to an activating group) is 1. The lowest BCUT2D eigenvalue weighted by Crippen LogP contribution is -2.37. The third-order valence-electron chi connectivity index (χ3n) is 2.55. The van der Waals surface area contributed by atoms with Crippen LogP contribution in [0.5, 0.6) is 0 Å². The van der Waals surface area contributed by atoms with Gasteiger partial charge in [-0.25, -0.2) is 0 Å². The van der Waals surface area contributed by atoms with Gasteiger partial charge >= 0.3 is 0 Å². The lowest BCUT2D eigenvalue weighted by Gasteiger charge is -2.23. The highest BCUT2D eigenvalue weighted by molar-refractivity contribution is 5.02. The summed E-state index contributed by atoms with van der Waals surface area (Å²) < 4.78 is 6.56. The van der Waals surface area contributed by atoms with Crippen LogP contribution in [0.2, 0.25) is 0 Å². The van der Waals surface area contributed by atoms with Crippen molar-refractivity contribution in [3.8, 4) is 0 Å². The molecule has 0 amide bonds. The van der Waals surface area contributed by atoms with Gasteiger partial charge < -0.3 is 9.22 Å². The Balaban J connectivity index is 3.60. The number of quaternary nitrogens is 1. The van der Waals surface area contributed by atoms with Crippen molar-refractivity contribution in [1.82, 2.24) is 0 Å². The van der Waals surface area contributed by atoms with Crippen LogP contribution in [0.25, 0.3) is 0 Å².